The van der Waals surface area contributed by atoms with Crippen LogP contribution in [0.5, 0.6) is 11.5 Å². The number of ether oxygens (including phenoxy) is 2. The summed E-state index contributed by atoms with van der Waals surface area (Å²) >= 11 is 0. The topological polar surface area (TPSA) is 76.8 Å². The summed E-state index contributed by atoms with van der Waals surface area (Å²) in [6.45, 7) is 2.99. The van der Waals surface area contributed by atoms with Gasteiger partial charge in [0.15, 0.2) is 11.5 Å². The lowest BCUT2D eigenvalue weighted by atomic mass is 10.1. The van der Waals surface area contributed by atoms with E-state index < -0.39 is 0 Å². The van der Waals surface area contributed by atoms with Gasteiger partial charge in [-0.1, -0.05) is 41.1 Å². The molecule has 0 unspecified atom stereocenters. The smallest absolute Gasteiger partial charge is 0.240 e. The van der Waals surface area contributed by atoms with Gasteiger partial charge in [0.25, 0.3) is 0 Å². The first kappa shape index (κ1) is 21.4. The molecule has 0 radical (unpaired) electrons. The minimum atomic E-state index is -0.156. The molecule has 0 bridgehead atoms. The lowest BCUT2D eigenvalue weighted by Crippen LogP contribution is -2.31. The molecule has 7 heteroatoms. The van der Waals surface area contributed by atoms with Gasteiger partial charge in [-0.05, 0) is 38.1 Å². The number of carbonyl (C=O) groups is 1. The lowest BCUT2D eigenvalue weighted by molar-refractivity contribution is -0.117. The Bertz CT molecular complexity index is 982. The van der Waals surface area contributed by atoms with Crippen molar-refractivity contribution in [3.05, 3.63) is 59.7 Å². The number of rotatable bonds is 9. The van der Waals surface area contributed by atoms with Crippen LogP contribution in [0.4, 0.5) is 5.88 Å². The van der Waals surface area contributed by atoms with E-state index in [1.165, 1.54) is 5.56 Å². The van der Waals surface area contributed by atoms with Crippen LogP contribution in [0.3, 0.4) is 0 Å². The molecule has 3 rings (SSSR count). The molecular formula is C23H27N3O4. The molecule has 0 spiro atoms. The minimum Gasteiger partial charge on any atom is -0.493 e. The molecule has 1 heterocycles. The molecule has 0 saturated heterocycles. The largest absolute Gasteiger partial charge is 0.493 e. The van der Waals surface area contributed by atoms with Gasteiger partial charge in [0, 0.05) is 18.2 Å². The van der Waals surface area contributed by atoms with Crippen molar-refractivity contribution in [2.75, 3.05) is 39.7 Å². The van der Waals surface area contributed by atoms with Gasteiger partial charge in [0.1, 0.15) is 5.69 Å². The van der Waals surface area contributed by atoms with Crippen molar-refractivity contribution in [3.8, 4) is 22.8 Å². The molecule has 1 amide bonds. The summed E-state index contributed by atoms with van der Waals surface area (Å²) in [4.78, 5) is 14.3. The first-order valence-corrected chi connectivity index (χ1v) is 9.71. The molecule has 0 aliphatic carbocycles. The Morgan fingerprint density at radius 3 is 2.50 bits per heavy atom. The number of nitrogens with one attached hydrogen (secondary N) is 1. The Kier molecular flexibility index (Phi) is 7.08. The molecule has 0 atom stereocenters. The standard InChI is InChI=1S/C23H27N3O4/c1-16-5-8-18(9-6-16)19-14-23(30-25-19)24-22(27)15-26(2)12-11-17-7-10-20(28-3)21(13-17)29-4/h5-10,13-14H,11-12,15H2,1-4H3,(H,24,27). The third-order valence-electron chi connectivity index (χ3n) is 4.76. The van der Waals surface area contributed by atoms with Gasteiger partial charge in [-0.25, -0.2) is 0 Å². The van der Waals surface area contributed by atoms with Crippen molar-refractivity contribution in [1.82, 2.24) is 10.1 Å². The number of amides is 1. The van der Waals surface area contributed by atoms with Crippen LogP contribution >= 0.6 is 0 Å². The van der Waals surface area contributed by atoms with E-state index in [0.717, 1.165) is 17.5 Å². The number of carbonyl (C=O) groups excluding carboxylic acids is 1. The molecule has 7 nitrogen and oxygen atoms in total. The van der Waals surface area contributed by atoms with Gasteiger partial charge in [0.2, 0.25) is 11.8 Å². The SMILES string of the molecule is COc1ccc(CCN(C)CC(=O)Nc2cc(-c3ccc(C)cc3)no2)cc1OC. The van der Waals surface area contributed by atoms with Crippen LogP contribution in [-0.2, 0) is 11.2 Å². The molecule has 1 aromatic heterocycles. The fraction of sp³-hybridized carbons (Fsp3) is 0.304. The van der Waals surface area contributed by atoms with Gasteiger partial charge >= 0.3 is 0 Å². The minimum absolute atomic E-state index is 0.156. The van der Waals surface area contributed by atoms with Crippen molar-refractivity contribution in [2.45, 2.75) is 13.3 Å². The maximum atomic E-state index is 12.3. The number of anilines is 1. The number of hydrogen-bond acceptors (Lipinski definition) is 6. The Morgan fingerprint density at radius 2 is 1.80 bits per heavy atom. The number of hydrogen-bond donors (Lipinski definition) is 1. The number of aryl methyl sites for hydroxylation is 1. The second kappa shape index (κ2) is 9.93. The monoisotopic (exact) mass is 409 g/mol. The molecular weight excluding hydrogens is 382 g/mol. The van der Waals surface area contributed by atoms with Crippen molar-refractivity contribution in [3.63, 3.8) is 0 Å². The zero-order valence-electron chi connectivity index (χ0n) is 17.8. The van der Waals surface area contributed by atoms with Gasteiger partial charge in [-0.2, -0.15) is 0 Å². The third kappa shape index (κ3) is 5.61. The highest BCUT2D eigenvalue weighted by Gasteiger charge is 2.12. The van der Waals surface area contributed by atoms with E-state index in [1.54, 1.807) is 20.3 Å². The molecule has 0 aliphatic heterocycles. The second-order valence-corrected chi connectivity index (χ2v) is 7.17. The van der Waals surface area contributed by atoms with E-state index in [4.69, 9.17) is 14.0 Å². The first-order chi connectivity index (χ1) is 14.5. The van der Waals surface area contributed by atoms with Crippen LogP contribution < -0.4 is 14.8 Å². The summed E-state index contributed by atoms with van der Waals surface area (Å²) in [6.07, 6.45) is 0.782. The zero-order valence-corrected chi connectivity index (χ0v) is 17.8. The van der Waals surface area contributed by atoms with Gasteiger partial charge in [-0.15, -0.1) is 0 Å². The maximum Gasteiger partial charge on any atom is 0.240 e. The second-order valence-electron chi connectivity index (χ2n) is 7.17. The quantitative estimate of drug-likeness (QED) is 0.580. The Balaban J connectivity index is 1.49. The fourth-order valence-corrected chi connectivity index (χ4v) is 3.05. The first-order valence-electron chi connectivity index (χ1n) is 9.71. The predicted molar refractivity (Wildman–Crippen MR) is 116 cm³/mol. The van der Waals surface area contributed by atoms with E-state index in [1.807, 2.05) is 61.3 Å². The van der Waals surface area contributed by atoms with Crippen molar-refractivity contribution < 1.29 is 18.8 Å². The average Bonchev–Trinajstić information content (AvgIpc) is 3.20. The summed E-state index contributed by atoms with van der Waals surface area (Å²) in [5.41, 5.74) is 3.91. The van der Waals surface area contributed by atoms with Crippen LogP contribution in [0.1, 0.15) is 11.1 Å². The van der Waals surface area contributed by atoms with E-state index in [-0.39, 0.29) is 12.5 Å². The number of benzene rings is 2. The van der Waals surface area contributed by atoms with Gasteiger partial charge in [0.05, 0.1) is 20.8 Å². The fourth-order valence-electron chi connectivity index (χ4n) is 3.05. The highest BCUT2D eigenvalue weighted by Crippen LogP contribution is 2.27. The molecule has 0 fully saturated rings. The molecule has 2 aromatic carbocycles. The van der Waals surface area contributed by atoms with Crippen LogP contribution in [0.25, 0.3) is 11.3 Å². The average molecular weight is 409 g/mol. The van der Waals surface area contributed by atoms with E-state index in [2.05, 4.69) is 10.5 Å². The molecule has 0 aliphatic rings. The van der Waals surface area contributed by atoms with E-state index in [9.17, 15) is 4.79 Å². The van der Waals surface area contributed by atoms with E-state index in [0.29, 0.717) is 29.6 Å². The van der Waals surface area contributed by atoms with Crippen LogP contribution in [-0.4, -0.2) is 50.3 Å². The summed E-state index contributed by atoms with van der Waals surface area (Å²) in [6, 6.07) is 15.5. The Labute approximate surface area is 176 Å². The zero-order chi connectivity index (χ0) is 21.5. The van der Waals surface area contributed by atoms with Crippen LogP contribution in [0.2, 0.25) is 0 Å². The number of aromatic nitrogens is 1. The highest BCUT2D eigenvalue weighted by molar-refractivity contribution is 5.91. The molecule has 0 saturated carbocycles. The Morgan fingerprint density at radius 1 is 1.07 bits per heavy atom. The van der Waals surface area contributed by atoms with Crippen molar-refractivity contribution in [2.24, 2.45) is 0 Å². The summed E-state index contributed by atoms with van der Waals surface area (Å²) in [7, 11) is 5.13. The van der Waals surface area contributed by atoms with Gasteiger partial charge < -0.3 is 14.0 Å². The molecule has 1 N–H and O–H groups in total. The highest BCUT2D eigenvalue weighted by atomic mass is 16.5. The van der Waals surface area contributed by atoms with Gasteiger partial charge in [-0.3, -0.25) is 15.0 Å². The molecule has 30 heavy (non-hydrogen) atoms. The van der Waals surface area contributed by atoms with Crippen LogP contribution in [0.15, 0.2) is 53.1 Å². The normalized spacial score (nSPS) is 10.8. The van der Waals surface area contributed by atoms with Crippen molar-refractivity contribution >= 4 is 11.8 Å². The number of methoxy groups -OCH3 is 2. The lowest BCUT2D eigenvalue weighted by Gasteiger charge is -2.16. The summed E-state index contributed by atoms with van der Waals surface area (Å²) in [5.74, 6) is 1.58. The predicted octanol–water partition coefficient (Wildman–Crippen LogP) is 3.78. The molecule has 158 valence electrons. The van der Waals surface area contributed by atoms with Crippen LogP contribution in [0, 0.1) is 6.92 Å². The van der Waals surface area contributed by atoms with E-state index >= 15 is 0 Å². The maximum absolute atomic E-state index is 12.3. The Hall–Kier alpha value is -3.32. The molecule has 3 aromatic rings. The summed E-state index contributed by atoms with van der Waals surface area (Å²) < 4.78 is 15.8. The number of nitrogens with zero attached hydrogens (tertiary/aromatic N) is 2. The van der Waals surface area contributed by atoms with Crippen molar-refractivity contribution in [1.29, 1.82) is 0 Å². The number of likely N-dealkylation sites (N-methyl/N-ethyl adjacent to an activating group) is 1. The third-order valence-corrected chi connectivity index (χ3v) is 4.76. The summed E-state index contributed by atoms with van der Waals surface area (Å²) in [5, 5.41) is 6.79.